The van der Waals surface area contributed by atoms with Crippen LogP contribution in [0.3, 0.4) is 0 Å². The Hall–Kier alpha value is -1.02. The van der Waals surface area contributed by atoms with Crippen molar-refractivity contribution >= 4 is 0 Å². The van der Waals surface area contributed by atoms with Crippen molar-refractivity contribution in [3.63, 3.8) is 0 Å². The highest BCUT2D eigenvalue weighted by molar-refractivity contribution is 5.33. The molecule has 2 nitrogen and oxygen atoms in total. The molecule has 0 aliphatic carbocycles. The maximum Gasteiger partial charge on any atom is 0.119 e. The first-order chi connectivity index (χ1) is 10.8. The Labute approximate surface area is 136 Å². The first kappa shape index (κ1) is 19.0. The van der Waals surface area contributed by atoms with E-state index < -0.39 is 0 Å². The van der Waals surface area contributed by atoms with E-state index in [4.69, 9.17) is 4.74 Å². The molecule has 0 aliphatic heterocycles. The number of aryl methyl sites for hydroxylation is 1. The highest BCUT2D eigenvalue weighted by atomic mass is 16.5. The van der Waals surface area contributed by atoms with Crippen LogP contribution in [0.25, 0.3) is 0 Å². The van der Waals surface area contributed by atoms with Crippen molar-refractivity contribution in [3.05, 3.63) is 29.3 Å². The summed E-state index contributed by atoms with van der Waals surface area (Å²) in [6, 6.07) is 5.96. The van der Waals surface area contributed by atoms with Gasteiger partial charge in [-0.15, -0.1) is 0 Å². The first-order valence-electron chi connectivity index (χ1n) is 9.10. The van der Waals surface area contributed by atoms with E-state index in [-0.39, 0.29) is 6.61 Å². The van der Waals surface area contributed by atoms with Gasteiger partial charge in [0.25, 0.3) is 0 Å². The van der Waals surface area contributed by atoms with Gasteiger partial charge in [0, 0.05) is 0 Å². The zero-order valence-corrected chi connectivity index (χ0v) is 14.6. The fourth-order valence-electron chi connectivity index (χ4n) is 2.78. The molecule has 2 heteroatoms. The van der Waals surface area contributed by atoms with Crippen molar-refractivity contribution in [3.8, 4) is 5.75 Å². The number of hydrogen-bond acceptors (Lipinski definition) is 2. The van der Waals surface area contributed by atoms with Gasteiger partial charge in [0.1, 0.15) is 5.75 Å². The molecular formula is C20H34O2. The fraction of sp³-hybridized carbons (Fsp3) is 0.700. The molecule has 0 saturated heterocycles. The molecule has 0 fully saturated rings. The molecule has 1 aromatic carbocycles. The highest BCUT2D eigenvalue weighted by Crippen LogP contribution is 2.17. The number of aliphatic hydroxyl groups excluding tert-OH is 1. The Morgan fingerprint density at radius 1 is 0.818 bits per heavy atom. The van der Waals surface area contributed by atoms with Crippen molar-refractivity contribution in [1.82, 2.24) is 0 Å². The topological polar surface area (TPSA) is 29.5 Å². The standard InChI is InChI=1S/C20H34O2/c1-3-4-5-6-7-8-9-10-11-12-13-22-20-15-18(2)14-19(16-20)17-21/h14-16,21H,3-13,17H2,1-2H3. The molecule has 126 valence electrons. The highest BCUT2D eigenvalue weighted by Gasteiger charge is 1.99. The zero-order valence-electron chi connectivity index (χ0n) is 14.6. The van der Waals surface area contributed by atoms with Gasteiger partial charge in [-0.1, -0.05) is 70.8 Å². The van der Waals surface area contributed by atoms with Crippen molar-refractivity contribution < 1.29 is 9.84 Å². The maximum atomic E-state index is 9.19. The molecule has 0 aromatic heterocycles. The Balaban J connectivity index is 1.98. The Morgan fingerprint density at radius 3 is 2.00 bits per heavy atom. The lowest BCUT2D eigenvalue weighted by molar-refractivity contribution is 0.278. The number of aliphatic hydroxyl groups is 1. The number of unbranched alkanes of at least 4 members (excludes halogenated alkanes) is 9. The lowest BCUT2D eigenvalue weighted by atomic mass is 10.1. The molecule has 0 atom stereocenters. The summed E-state index contributed by atoms with van der Waals surface area (Å²) in [5.74, 6) is 0.889. The maximum absolute atomic E-state index is 9.19. The molecule has 0 amide bonds. The van der Waals surface area contributed by atoms with Gasteiger partial charge in [-0.3, -0.25) is 0 Å². The van der Waals surface area contributed by atoms with Crippen LogP contribution in [-0.2, 0) is 6.61 Å². The molecule has 1 N–H and O–H groups in total. The third-order valence-corrected chi connectivity index (χ3v) is 4.06. The number of hydrogen-bond donors (Lipinski definition) is 1. The van der Waals surface area contributed by atoms with Gasteiger partial charge in [0.2, 0.25) is 0 Å². The van der Waals surface area contributed by atoms with Gasteiger partial charge in [-0.2, -0.15) is 0 Å². The molecule has 0 bridgehead atoms. The average Bonchev–Trinajstić information content (AvgIpc) is 2.52. The minimum atomic E-state index is 0.0797. The molecule has 22 heavy (non-hydrogen) atoms. The molecule has 1 rings (SSSR count). The summed E-state index contributed by atoms with van der Waals surface area (Å²) in [6.45, 7) is 5.16. The number of benzene rings is 1. The summed E-state index contributed by atoms with van der Waals surface area (Å²) in [7, 11) is 0. The molecule has 1 aromatic rings. The normalized spacial score (nSPS) is 10.9. The van der Waals surface area contributed by atoms with Gasteiger partial charge < -0.3 is 9.84 Å². The summed E-state index contributed by atoms with van der Waals surface area (Å²) < 4.78 is 5.79. The molecule has 0 saturated carbocycles. The van der Waals surface area contributed by atoms with Gasteiger partial charge in [0.05, 0.1) is 13.2 Å². The third kappa shape index (κ3) is 9.09. The molecule has 0 aliphatic rings. The van der Waals surface area contributed by atoms with Crippen LogP contribution in [0.1, 0.15) is 82.3 Å². The van der Waals surface area contributed by atoms with Crippen LogP contribution in [0.2, 0.25) is 0 Å². The van der Waals surface area contributed by atoms with Crippen molar-refractivity contribution in [2.24, 2.45) is 0 Å². The van der Waals surface area contributed by atoms with Crippen LogP contribution in [0, 0.1) is 6.92 Å². The average molecular weight is 306 g/mol. The number of ether oxygens (including phenoxy) is 1. The summed E-state index contributed by atoms with van der Waals surface area (Å²) in [5.41, 5.74) is 2.07. The lowest BCUT2D eigenvalue weighted by Gasteiger charge is -2.09. The van der Waals surface area contributed by atoms with E-state index in [2.05, 4.69) is 6.92 Å². The Bertz CT molecular complexity index is 387. The smallest absolute Gasteiger partial charge is 0.119 e. The predicted octanol–water partition coefficient (Wildman–Crippen LogP) is 5.79. The van der Waals surface area contributed by atoms with E-state index in [0.717, 1.165) is 29.9 Å². The van der Waals surface area contributed by atoms with Crippen LogP contribution < -0.4 is 4.74 Å². The van der Waals surface area contributed by atoms with E-state index in [1.807, 2.05) is 25.1 Å². The first-order valence-corrected chi connectivity index (χ1v) is 9.10. The number of rotatable bonds is 13. The van der Waals surface area contributed by atoms with Crippen LogP contribution >= 0.6 is 0 Å². The van der Waals surface area contributed by atoms with Crippen molar-refractivity contribution in [2.45, 2.75) is 84.7 Å². The van der Waals surface area contributed by atoms with Gasteiger partial charge in [0.15, 0.2) is 0 Å². The zero-order chi connectivity index (χ0) is 16.0. The minimum absolute atomic E-state index is 0.0797. The summed E-state index contributed by atoms with van der Waals surface area (Å²) >= 11 is 0. The summed E-state index contributed by atoms with van der Waals surface area (Å²) in [6.07, 6.45) is 13.4. The largest absolute Gasteiger partial charge is 0.494 e. The second-order valence-electron chi connectivity index (χ2n) is 6.34. The van der Waals surface area contributed by atoms with Gasteiger partial charge in [-0.25, -0.2) is 0 Å². The van der Waals surface area contributed by atoms with Crippen LogP contribution in [-0.4, -0.2) is 11.7 Å². The molecule has 0 radical (unpaired) electrons. The quantitative estimate of drug-likeness (QED) is 0.468. The third-order valence-electron chi connectivity index (χ3n) is 4.06. The molecule has 0 heterocycles. The Morgan fingerprint density at radius 2 is 1.41 bits per heavy atom. The second kappa shape index (κ2) is 12.5. The van der Waals surface area contributed by atoms with E-state index >= 15 is 0 Å². The van der Waals surface area contributed by atoms with Crippen LogP contribution in [0.5, 0.6) is 5.75 Å². The molecular weight excluding hydrogens is 272 g/mol. The second-order valence-corrected chi connectivity index (χ2v) is 6.34. The van der Waals surface area contributed by atoms with Crippen molar-refractivity contribution in [2.75, 3.05) is 6.61 Å². The van der Waals surface area contributed by atoms with E-state index in [1.54, 1.807) is 0 Å². The van der Waals surface area contributed by atoms with Crippen LogP contribution in [0.15, 0.2) is 18.2 Å². The Kier molecular flexibility index (Phi) is 10.8. The fourth-order valence-corrected chi connectivity index (χ4v) is 2.78. The molecule has 0 unspecified atom stereocenters. The lowest BCUT2D eigenvalue weighted by Crippen LogP contribution is -1.98. The van der Waals surface area contributed by atoms with E-state index in [0.29, 0.717) is 0 Å². The molecule has 0 spiro atoms. The summed E-state index contributed by atoms with van der Waals surface area (Å²) in [5, 5.41) is 9.19. The van der Waals surface area contributed by atoms with E-state index in [1.165, 1.54) is 57.8 Å². The van der Waals surface area contributed by atoms with Crippen molar-refractivity contribution in [1.29, 1.82) is 0 Å². The summed E-state index contributed by atoms with van der Waals surface area (Å²) in [4.78, 5) is 0. The monoisotopic (exact) mass is 306 g/mol. The van der Waals surface area contributed by atoms with Gasteiger partial charge >= 0.3 is 0 Å². The van der Waals surface area contributed by atoms with E-state index in [9.17, 15) is 5.11 Å². The minimum Gasteiger partial charge on any atom is -0.494 e. The van der Waals surface area contributed by atoms with Gasteiger partial charge in [-0.05, 0) is 36.6 Å². The van der Waals surface area contributed by atoms with Crippen LogP contribution in [0.4, 0.5) is 0 Å². The SMILES string of the molecule is CCCCCCCCCCCCOc1cc(C)cc(CO)c1. The predicted molar refractivity (Wildman–Crippen MR) is 94.4 cm³/mol.